The molecular weight excluding hydrogens is 228 g/mol. The van der Waals surface area contributed by atoms with Crippen LogP contribution in [0, 0.1) is 0 Å². The van der Waals surface area contributed by atoms with E-state index in [0.29, 0.717) is 6.42 Å². The number of nitrogens with one attached hydrogen (secondary N) is 1. The number of aliphatic carboxylic acids is 1. The summed E-state index contributed by atoms with van der Waals surface area (Å²) in [6.45, 7) is 9.47. The maximum Gasteiger partial charge on any atom is 0.323 e. The first-order valence-corrected chi connectivity index (χ1v) is 7.14. The maximum atomic E-state index is 11.1. The Morgan fingerprint density at radius 2 is 1.83 bits per heavy atom. The fraction of sp³-hybridized carbons (Fsp3) is 0.929. The molecule has 0 aliphatic rings. The van der Waals surface area contributed by atoms with Gasteiger partial charge in [0, 0.05) is 0 Å². The molecule has 0 amide bonds. The Balaban J connectivity index is 3.86. The van der Waals surface area contributed by atoms with Crippen molar-refractivity contribution in [3.63, 3.8) is 0 Å². The van der Waals surface area contributed by atoms with Crippen LogP contribution in [-0.2, 0) is 4.79 Å². The topological polar surface area (TPSA) is 52.6 Å². The number of likely N-dealkylation sites (N-methyl/N-ethyl adjacent to an activating group) is 1. The van der Waals surface area contributed by atoms with E-state index in [1.165, 1.54) is 12.8 Å². The van der Waals surface area contributed by atoms with Crippen LogP contribution in [0.15, 0.2) is 0 Å². The molecular formula is C14H30N2O2. The fourth-order valence-electron chi connectivity index (χ4n) is 1.96. The van der Waals surface area contributed by atoms with Gasteiger partial charge >= 0.3 is 5.97 Å². The lowest BCUT2D eigenvalue weighted by Gasteiger charge is -2.25. The van der Waals surface area contributed by atoms with Crippen LogP contribution in [0.3, 0.4) is 0 Å². The smallest absolute Gasteiger partial charge is 0.323 e. The first-order valence-electron chi connectivity index (χ1n) is 7.14. The molecule has 4 nitrogen and oxygen atoms in total. The van der Waals surface area contributed by atoms with Gasteiger partial charge in [-0.3, -0.25) is 4.79 Å². The third-order valence-electron chi connectivity index (χ3n) is 3.70. The van der Waals surface area contributed by atoms with Crippen LogP contribution >= 0.6 is 0 Å². The van der Waals surface area contributed by atoms with Crippen molar-refractivity contribution in [3.8, 4) is 0 Å². The zero-order chi connectivity index (χ0) is 14.0. The summed E-state index contributed by atoms with van der Waals surface area (Å²) < 4.78 is 0. The second-order valence-electron chi connectivity index (χ2n) is 5.13. The lowest BCUT2D eigenvalue weighted by atomic mass is 9.95. The molecule has 18 heavy (non-hydrogen) atoms. The van der Waals surface area contributed by atoms with Crippen molar-refractivity contribution in [3.05, 3.63) is 0 Å². The molecule has 0 aromatic heterocycles. The molecule has 0 fully saturated rings. The molecule has 0 bridgehead atoms. The number of unbranched alkanes of at least 4 members (excludes halogenated alkanes) is 2. The van der Waals surface area contributed by atoms with Gasteiger partial charge in [0.1, 0.15) is 5.54 Å². The molecule has 1 unspecified atom stereocenters. The summed E-state index contributed by atoms with van der Waals surface area (Å²) in [5.41, 5.74) is -0.777. The SMILES string of the molecule is CCCCN(CC)CCCCC(C)(NC)C(=O)O. The Hall–Kier alpha value is -0.610. The molecule has 0 aliphatic heterocycles. The van der Waals surface area contributed by atoms with E-state index in [1.807, 2.05) is 0 Å². The summed E-state index contributed by atoms with van der Waals surface area (Å²) in [5, 5.41) is 12.0. The minimum Gasteiger partial charge on any atom is -0.480 e. The second-order valence-corrected chi connectivity index (χ2v) is 5.13. The number of nitrogens with zero attached hydrogens (tertiary/aromatic N) is 1. The van der Waals surface area contributed by atoms with Crippen molar-refractivity contribution in [2.75, 3.05) is 26.7 Å². The summed E-state index contributed by atoms with van der Waals surface area (Å²) in [4.78, 5) is 13.6. The molecule has 108 valence electrons. The van der Waals surface area contributed by atoms with Crippen molar-refractivity contribution in [1.29, 1.82) is 0 Å². The van der Waals surface area contributed by atoms with Gasteiger partial charge in [-0.25, -0.2) is 0 Å². The summed E-state index contributed by atoms with van der Waals surface area (Å²) >= 11 is 0. The Morgan fingerprint density at radius 3 is 2.28 bits per heavy atom. The Kier molecular flexibility index (Phi) is 9.02. The highest BCUT2D eigenvalue weighted by atomic mass is 16.4. The van der Waals surface area contributed by atoms with Gasteiger partial charge in [-0.2, -0.15) is 0 Å². The van der Waals surface area contributed by atoms with Gasteiger partial charge in [-0.05, 0) is 59.3 Å². The number of hydrogen-bond acceptors (Lipinski definition) is 3. The number of carboxylic acids is 1. The zero-order valence-electron chi connectivity index (χ0n) is 12.5. The van der Waals surface area contributed by atoms with Gasteiger partial charge in [-0.1, -0.05) is 20.3 Å². The lowest BCUT2D eigenvalue weighted by molar-refractivity contribution is -0.144. The molecule has 4 heteroatoms. The van der Waals surface area contributed by atoms with E-state index < -0.39 is 11.5 Å². The van der Waals surface area contributed by atoms with E-state index in [0.717, 1.165) is 32.5 Å². The number of carboxylic acid groups (broad SMARTS) is 1. The number of hydrogen-bond donors (Lipinski definition) is 2. The number of rotatable bonds is 11. The zero-order valence-corrected chi connectivity index (χ0v) is 12.5. The highest BCUT2D eigenvalue weighted by Crippen LogP contribution is 2.14. The van der Waals surface area contributed by atoms with Crippen LogP contribution in [0.2, 0.25) is 0 Å². The van der Waals surface area contributed by atoms with E-state index in [1.54, 1.807) is 14.0 Å². The summed E-state index contributed by atoms with van der Waals surface area (Å²) in [6, 6.07) is 0. The Labute approximate surface area is 112 Å². The van der Waals surface area contributed by atoms with E-state index in [-0.39, 0.29) is 0 Å². The first kappa shape index (κ1) is 17.4. The molecule has 0 spiro atoms. The third kappa shape index (κ3) is 6.36. The van der Waals surface area contributed by atoms with E-state index in [2.05, 4.69) is 24.1 Å². The summed E-state index contributed by atoms with van der Waals surface area (Å²) in [5.74, 6) is -0.761. The molecule has 0 saturated carbocycles. The maximum absolute atomic E-state index is 11.1. The van der Waals surface area contributed by atoms with Gasteiger partial charge in [0.05, 0.1) is 0 Å². The molecule has 0 radical (unpaired) electrons. The monoisotopic (exact) mass is 258 g/mol. The first-order chi connectivity index (χ1) is 8.50. The molecule has 2 N–H and O–H groups in total. The minimum atomic E-state index is -0.777. The van der Waals surface area contributed by atoms with Gasteiger partial charge in [0.15, 0.2) is 0 Å². The molecule has 0 aliphatic carbocycles. The van der Waals surface area contributed by atoms with Gasteiger partial charge < -0.3 is 15.3 Å². The van der Waals surface area contributed by atoms with Crippen LogP contribution < -0.4 is 5.32 Å². The minimum absolute atomic E-state index is 0.685. The highest BCUT2D eigenvalue weighted by Gasteiger charge is 2.30. The van der Waals surface area contributed by atoms with Crippen LogP contribution in [0.1, 0.15) is 52.9 Å². The van der Waals surface area contributed by atoms with Gasteiger partial charge in [-0.15, -0.1) is 0 Å². The number of carbonyl (C=O) groups is 1. The van der Waals surface area contributed by atoms with E-state index >= 15 is 0 Å². The third-order valence-corrected chi connectivity index (χ3v) is 3.70. The molecule has 0 aromatic carbocycles. The lowest BCUT2D eigenvalue weighted by Crippen LogP contribution is -2.47. The van der Waals surface area contributed by atoms with E-state index in [9.17, 15) is 4.79 Å². The molecule has 0 saturated heterocycles. The van der Waals surface area contributed by atoms with E-state index in [4.69, 9.17) is 5.11 Å². The van der Waals surface area contributed by atoms with Crippen LogP contribution in [-0.4, -0.2) is 48.2 Å². The Bertz CT molecular complexity index is 234. The predicted molar refractivity (Wildman–Crippen MR) is 76.0 cm³/mol. The standard InChI is InChI=1S/C14H30N2O2/c1-5-7-11-16(6-2)12-9-8-10-14(3,15-4)13(17)18/h15H,5-12H2,1-4H3,(H,17,18). The van der Waals surface area contributed by atoms with Crippen molar-refractivity contribution in [2.24, 2.45) is 0 Å². The van der Waals surface area contributed by atoms with Crippen LogP contribution in [0.5, 0.6) is 0 Å². The average Bonchev–Trinajstić information content (AvgIpc) is 2.37. The molecule has 0 heterocycles. The van der Waals surface area contributed by atoms with Crippen molar-refractivity contribution < 1.29 is 9.90 Å². The van der Waals surface area contributed by atoms with Crippen molar-refractivity contribution in [2.45, 2.75) is 58.4 Å². The molecule has 0 rings (SSSR count). The Morgan fingerprint density at radius 1 is 1.22 bits per heavy atom. The fourth-order valence-corrected chi connectivity index (χ4v) is 1.96. The summed E-state index contributed by atoms with van der Waals surface area (Å²) in [7, 11) is 1.72. The predicted octanol–water partition coefficient (Wildman–Crippen LogP) is 2.34. The van der Waals surface area contributed by atoms with Crippen LogP contribution in [0.4, 0.5) is 0 Å². The average molecular weight is 258 g/mol. The normalized spacial score (nSPS) is 14.7. The van der Waals surface area contributed by atoms with Gasteiger partial charge in [0.25, 0.3) is 0 Å². The highest BCUT2D eigenvalue weighted by molar-refractivity contribution is 5.78. The molecule has 0 aromatic rings. The summed E-state index contributed by atoms with van der Waals surface area (Å²) in [6.07, 6.45) is 5.18. The van der Waals surface area contributed by atoms with Gasteiger partial charge in [0.2, 0.25) is 0 Å². The van der Waals surface area contributed by atoms with Crippen LogP contribution in [0.25, 0.3) is 0 Å². The van der Waals surface area contributed by atoms with Crippen molar-refractivity contribution in [1.82, 2.24) is 10.2 Å². The molecule has 1 atom stereocenters. The largest absolute Gasteiger partial charge is 0.480 e. The van der Waals surface area contributed by atoms with Crippen molar-refractivity contribution >= 4 is 5.97 Å². The quantitative estimate of drug-likeness (QED) is 0.559. The second kappa shape index (κ2) is 9.34.